The van der Waals surface area contributed by atoms with Crippen molar-refractivity contribution in [3.63, 3.8) is 0 Å². The van der Waals surface area contributed by atoms with Crippen molar-refractivity contribution in [2.24, 2.45) is 7.05 Å². The molecule has 138 valence electrons. The molecule has 1 aromatic carbocycles. The Morgan fingerprint density at radius 2 is 2.04 bits per heavy atom. The summed E-state index contributed by atoms with van der Waals surface area (Å²) in [6, 6.07) is 6.84. The predicted octanol–water partition coefficient (Wildman–Crippen LogP) is 1.81. The maximum absolute atomic E-state index is 13.1. The SMILES string of the molecule is Cc1cccc(CN(C)C(=O)C2CCC(C(=O)O)N2c2cnn(C)c2)c1. The van der Waals surface area contributed by atoms with Gasteiger partial charge in [-0.2, -0.15) is 5.10 Å². The number of carbonyl (C=O) groups is 2. The van der Waals surface area contributed by atoms with Crippen molar-refractivity contribution in [1.29, 1.82) is 0 Å². The predicted molar refractivity (Wildman–Crippen MR) is 97.8 cm³/mol. The van der Waals surface area contributed by atoms with Crippen LogP contribution in [0.15, 0.2) is 36.7 Å². The summed E-state index contributed by atoms with van der Waals surface area (Å²) in [5.41, 5.74) is 2.87. The van der Waals surface area contributed by atoms with E-state index in [4.69, 9.17) is 0 Å². The minimum absolute atomic E-state index is 0.0703. The molecule has 0 bridgehead atoms. The highest BCUT2D eigenvalue weighted by Crippen LogP contribution is 2.31. The Morgan fingerprint density at radius 3 is 2.65 bits per heavy atom. The number of aryl methyl sites for hydroxylation is 2. The number of aliphatic carboxylic acids is 1. The van der Waals surface area contributed by atoms with E-state index >= 15 is 0 Å². The normalized spacial score (nSPS) is 19.6. The zero-order valence-electron chi connectivity index (χ0n) is 15.3. The molecule has 0 radical (unpaired) electrons. The van der Waals surface area contributed by atoms with Gasteiger partial charge in [-0.25, -0.2) is 4.79 Å². The summed E-state index contributed by atoms with van der Waals surface area (Å²) < 4.78 is 1.62. The van der Waals surface area contributed by atoms with Gasteiger partial charge in [0, 0.05) is 26.8 Å². The van der Waals surface area contributed by atoms with Gasteiger partial charge in [0.05, 0.1) is 11.9 Å². The topological polar surface area (TPSA) is 78.7 Å². The number of anilines is 1. The van der Waals surface area contributed by atoms with E-state index in [1.807, 2.05) is 25.1 Å². The summed E-state index contributed by atoms with van der Waals surface area (Å²) in [6.45, 7) is 2.51. The van der Waals surface area contributed by atoms with Crippen molar-refractivity contribution >= 4 is 17.6 Å². The molecule has 26 heavy (non-hydrogen) atoms. The molecular formula is C19H24N4O3. The van der Waals surface area contributed by atoms with E-state index in [-0.39, 0.29) is 5.91 Å². The number of hydrogen-bond acceptors (Lipinski definition) is 4. The van der Waals surface area contributed by atoms with Gasteiger partial charge in [-0.1, -0.05) is 29.8 Å². The van der Waals surface area contributed by atoms with Gasteiger partial charge < -0.3 is 14.9 Å². The quantitative estimate of drug-likeness (QED) is 0.884. The number of hydrogen-bond donors (Lipinski definition) is 1. The number of amides is 1. The fraction of sp³-hybridized carbons (Fsp3) is 0.421. The number of benzene rings is 1. The average molecular weight is 356 g/mol. The Balaban J connectivity index is 1.81. The first-order valence-electron chi connectivity index (χ1n) is 8.67. The Morgan fingerprint density at radius 1 is 1.31 bits per heavy atom. The van der Waals surface area contributed by atoms with Gasteiger partial charge in [-0.15, -0.1) is 0 Å². The molecule has 7 heteroatoms. The van der Waals surface area contributed by atoms with Gasteiger partial charge in [-0.05, 0) is 25.3 Å². The van der Waals surface area contributed by atoms with E-state index in [1.54, 1.807) is 41.0 Å². The van der Waals surface area contributed by atoms with E-state index < -0.39 is 18.1 Å². The van der Waals surface area contributed by atoms with Crippen LogP contribution < -0.4 is 4.90 Å². The smallest absolute Gasteiger partial charge is 0.326 e. The highest BCUT2D eigenvalue weighted by Gasteiger charge is 2.43. The van der Waals surface area contributed by atoms with Crippen molar-refractivity contribution in [2.75, 3.05) is 11.9 Å². The summed E-state index contributed by atoms with van der Waals surface area (Å²) in [5.74, 6) is -0.982. The Hall–Kier alpha value is -2.83. The van der Waals surface area contributed by atoms with Gasteiger partial charge in [0.25, 0.3) is 0 Å². The first-order valence-corrected chi connectivity index (χ1v) is 8.67. The zero-order chi connectivity index (χ0) is 18.8. The highest BCUT2D eigenvalue weighted by atomic mass is 16.4. The summed E-state index contributed by atoms with van der Waals surface area (Å²) in [7, 11) is 3.54. The summed E-state index contributed by atoms with van der Waals surface area (Å²) in [5, 5.41) is 13.7. The largest absolute Gasteiger partial charge is 0.480 e. The lowest BCUT2D eigenvalue weighted by atomic mass is 10.1. The van der Waals surface area contributed by atoms with Crippen LogP contribution in [0.5, 0.6) is 0 Å². The highest BCUT2D eigenvalue weighted by molar-refractivity contribution is 5.90. The third-order valence-electron chi connectivity index (χ3n) is 4.82. The molecule has 1 saturated heterocycles. The summed E-state index contributed by atoms with van der Waals surface area (Å²) >= 11 is 0. The van der Waals surface area contributed by atoms with Gasteiger partial charge >= 0.3 is 5.97 Å². The van der Waals surface area contributed by atoms with Gasteiger partial charge in [0.1, 0.15) is 12.1 Å². The van der Waals surface area contributed by atoms with Crippen LogP contribution in [0.25, 0.3) is 0 Å². The molecule has 7 nitrogen and oxygen atoms in total. The third-order valence-corrected chi connectivity index (χ3v) is 4.82. The Bertz CT molecular complexity index is 817. The van der Waals surface area contributed by atoms with Crippen LogP contribution in [0.1, 0.15) is 24.0 Å². The molecule has 1 aliphatic heterocycles. The number of carbonyl (C=O) groups excluding carboxylic acids is 1. The molecule has 2 heterocycles. The number of carboxylic acid groups (broad SMARTS) is 1. The number of likely N-dealkylation sites (N-methyl/N-ethyl adjacent to an activating group) is 1. The maximum atomic E-state index is 13.1. The molecule has 2 unspecified atom stereocenters. The van der Waals surface area contributed by atoms with Crippen molar-refractivity contribution < 1.29 is 14.7 Å². The molecule has 2 aromatic rings. The van der Waals surface area contributed by atoms with Gasteiger partial charge in [-0.3, -0.25) is 9.48 Å². The molecule has 0 saturated carbocycles. The molecular weight excluding hydrogens is 332 g/mol. The monoisotopic (exact) mass is 356 g/mol. The van der Waals surface area contributed by atoms with Crippen LogP contribution in [0.2, 0.25) is 0 Å². The second-order valence-electron chi connectivity index (χ2n) is 6.91. The number of carboxylic acids is 1. The second kappa shape index (κ2) is 7.19. The molecule has 0 spiro atoms. The van der Waals surface area contributed by atoms with Crippen molar-refractivity contribution in [3.8, 4) is 0 Å². The number of aromatic nitrogens is 2. The Labute approximate surface area is 152 Å². The average Bonchev–Trinajstić information content (AvgIpc) is 3.20. The molecule has 3 rings (SSSR count). The standard InChI is InChI=1S/C19H24N4O3/c1-13-5-4-6-14(9-13)11-21(2)18(24)16-7-8-17(19(25)26)23(16)15-10-20-22(3)12-15/h4-6,9-10,12,16-17H,7-8,11H2,1-3H3,(H,25,26). The third kappa shape index (κ3) is 3.56. The lowest BCUT2D eigenvalue weighted by Gasteiger charge is -2.31. The van der Waals surface area contributed by atoms with Gasteiger partial charge in [0.15, 0.2) is 0 Å². The van der Waals surface area contributed by atoms with E-state index in [9.17, 15) is 14.7 Å². The first kappa shape index (κ1) is 18.0. The lowest BCUT2D eigenvalue weighted by molar-refractivity contribution is -0.138. The molecule has 1 N–H and O–H groups in total. The van der Waals surface area contributed by atoms with Crippen LogP contribution in [0, 0.1) is 6.92 Å². The molecule has 1 fully saturated rings. The van der Waals surface area contributed by atoms with Gasteiger partial charge in [0.2, 0.25) is 5.91 Å². The van der Waals surface area contributed by atoms with Crippen LogP contribution in [0.3, 0.4) is 0 Å². The molecule has 0 aliphatic carbocycles. The van der Waals surface area contributed by atoms with E-state index in [2.05, 4.69) is 11.2 Å². The van der Waals surface area contributed by atoms with Crippen molar-refractivity contribution in [1.82, 2.24) is 14.7 Å². The van der Waals surface area contributed by atoms with Crippen LogP contribution >= 0.6 is 0 Å². The number of rotatable bonds is 5. The molecule has 1 aromatic heterocycles. The molecule has 2 atom stereocenters. The van der Waals surface area contributed by atoms with Crippen LogP contribution in [-0.4, -0.2) is 50.8 Å². The number of nitrogens with zero attached hydrogens (tertiary/aromatic N) is 4. The van der Waals surface area contributed by atoms with Crippen molar-refractivity contribution in [2.45, 2.75) is 38.4 Å². The van der Waals surface area contributed by atoms with Crippen molar-refractivity contribution in [3.05, 3.63) is 47.8 Å². The first-order chi connectivity index (χ1) is 12.4. The fourth-order valence-corrected chi connectivity index (χ4v) is 3.61. The van der Waals surface area contributed by atoms with Crippen LogP contribution in [-0.2, 0) is 23.2 Å². The van der Waals surface area contributed by atoms with Crippen LogP contribution in [0.4, 0.5) is 5.69 Å². The van der Waals surface area contributed by atoms with E-state index in [1.165, 1.54) is 0 Å². The minimum Gasteiger partial charge on any atom is -0.480 e. The van der Waals surface area contributed by atoms with E-state index in [0.717, 1.165) is 11.1 Å². The summed E-state index contributed by atoms with van der Waals surface area (Å²) in [6.07, 6.45) is 4.33. The lowest BCUT2D eigenvalue weighted by Crippen LogP contribution is -2.48. The second-order valence-corrected chi connectivity index (χ2v) is 6.91. The zero-order valence-corrected chi connectivity index (χ0v) is 15.3. The maximum Gasteiger partial charge on any atom is 0.326 e. The molecule has 1 amide bonds. The molecule has 1 aliphatic rings. The van der Waals surface area contributed by atoms with E-state index in [0.29, 0.717) is 25.1 Å². The minimum atomic E-state index is -0.912. The fourth-order valence-electron chi connectivity index (χ4n) is 3.61. The summed E-state index contributed by atoms with van der Waals surface area (Å²) in [4.78, 5) is 28.1. The Kier molecular flexibility index (Phi) is 4.97.